The van der Waals surface area contributed by atoms with Gasteiger partial charge in [0, 0.05) is 17.7 Å². The standard InChI is InChI=1S/C21H23ClN4O2/c1-13(2)19(12-27)25-21-24-18(14-6-4-3-5-7-14)11-20(26-21)23-17-9-8-15(28)10-16(17)22/h3-11,13,19,27-28H,12H2,1-2H3,(H2,23,24,25,26)/t19-/m1/s1. The fraction of sp³-hybridized carbons (Fsp3) is 0.238. The molecule has 3 rings (SSSR count). The molecule has 28 heavy (non-hydrogen) atoms. The van der Waals surface area contributed by atoms with Gasteiger partial charge in [0.1, 0.15) is 11.6 Å². The zero-order valence-corrected chi connectivity index (χ0v) is 16.5. The van der Waals surface area contributed by atoms with E-state index in [0.29, 0.717) is 22.5 Å². The smallest absolute Gasteiger partial charge is 0.225 e. The Morgan fingerprint density at radius 3 is 2.43 bits per heavy atom. The highest BCUT2D eigenvalue weighted by atomic mass is 35.5. The van der Waals surface area contributed by atoms with Crippen LogP contribution in [0.4, 0.5) is 17.5 Å². The van der Waals surface area contributed by atoms with Crippen LogP contribution in [0.5, 0.6) is 5.75 Å². The number of aromatic hydroxyl groups is 1. The van der Waals surface area contributed by atoms with E-state index in [-0.39, 0.29) is 24.3 Å². The van der Waals surface area contributed by atoms with E-state index in [1.165, 1.54) is 6.07 Å². The molecule has 6 nitrogen and oxygen atoms in total. The Morgan fingerprint density at radius 1 is 1.04 bits per heavy atom. The van der Waals surface area contributed by atoms with E-state index in [4.69, 9.17) is 11.6 Å². The van der Waals surface area contributed by atoms with E-state index < -0.39 is 0 Å². The number of anilines is 3. The van der Waals surface area contributed by atoms with Crippen LogP contribution in [0.2, 0.25) is 5.02 Å². The van der Waals surface area contributed by atoms with Gasteiger partial charge in [-0.15, -0.1) is 0 Å². The highest BCUT2D eigenvalue weighted by molar-refractivity contribution is 6.33. The lowest BCUT2D eigenvalue weighted by atomic mass is 10.1. The Morgan fingerprint density at radius 2 is 1.79 bits per heavy atom. The average Bonchev–Trinajstić information content (AvgIpc) is 2.68. The summed E-state index contributed by atoms with van der Waals surface area (Å²) in [7, 11) is 0. The first kappa shape index (κ1) is 19.9. The molecule has 7 heteroatoms. The average molecular weight is 399 g/mol. The van der Waals surface area contributed by atoms with Gasteiger partial charge in [-0.25, -0.2) is 4.98 Å². The second-order valence-corrected chi connectivity index (χ2v) is 7.20. The second kappa shape index (κ2) is 8.91. The van der Waals surface area contributed by atoms with Crippen molar-refractivity contribution in [3.8, 4) is 17.0 Å². The van der Waals surface area contributed by atoms with Crippen molar-refractivity contribution in [3.05, 3.63) is 59.6 Å². The van der Waals surface area contributed by atoms with Crippen LogP contribution in [0, 0.1) is 5.92 Å². The second-order valence-electron chi connectivity index (χ2n) is 6.79. The number of nitrogens with one attached hydrogen (secondary N) is 2. The van der Waals surface area contributed by atoms with Gasteiger partial charge < -0.3 is 20.8 Å². The van der Waals surface area contributed by atoms with Crippen LogP contribution in [-0.4, -0.2) is 32.8 Å². The predicted octanol–water partition coefficient (Wildman–Crippen LogP) is 4.68. The maximum Gasteiger partial charge on any atom is 0.225 e. The number of phenolic OH excluding ortho intramolecular Hbond substituents is 1. The van der Waals surface area contributed by atoms with Crippen molar-refractivity contribution in [2.24, 2.45) is 5.92 Å². The molecule has 0 fully saturated rings. The number of rotatable bonds is 7. The van der Waals surface area contributed by atoms with E-state index in [1.807, 2.05) is 50.2 Å². The Bertz CT molecular complexity index is 935. The van der Waals surface area contributed by atoms with E-state index in [0.717, 1.165) is 11.3 Å². The molecule has 0 spiro atoms. The SMILES string of the molecule is CC(C)[C@@H](CO)Nc1nc(Nc2ccc(O)cc2Cl)cc(-c2ccccc2)n1. The minimum atomic E-state index is -0.170. The predicted molar refractivity (Wildman–Crippen MR) is 113 cm³/mol. The first-order valence-electron chi connectivity index (χ1n) is 9.03. The molecule has 1 aromatic heterocycles. The number of hydrogen-bond donors (Lipinski definition) is 4. The van der Waals surface area contributed by atoms with Crippen molar-refractivity contribution in [1.29, 1.82) is 0 Å². The molecule has 3 aromatic rings. The monoisotopic (exact) mass is 398 g/mol. The number of halogens is 1. The molecule has 1 heterocycles. The molecular weight excluding hydrogens is 376 g/mol. The molecule has 4 N–H and O–H groups in total. The molecule has 146 valence electrons. The number of aliphatic hydroxyl groups excluding tert-OH is 1. The molecule has 1 atom stereocenters. The zero-order valence-electron chi connectivity index (χ0n) is 15.7. The number of hydrogen-bond acceptors (Lipinski definition) is 6. The fourth-order valence-electron chi connectivity index (χ4n) is 2.66. The first-order valence-corrected chi connectivity index (χ1v) is 9.41. The van der Waals surface area contributed by atoms with Crippen LogP contribution in [0.1, 0.15) is 13.8 Å². The van der Waals surface area contributed by atoms with Crippen LogP contribution in [0.15, 0.2) is 54.6 Å². The van der Waals surface area contributed by atoms with Gasteiger partial charge in [-0.1, -0.05) is 55.8 Å². The first-order chi connectivity index (χ1) is 13.5. The van der Waals surface area contributed by atoms with Gasteiger partial charge in [0.2, 0.25) is 5.95 Å². The Kier molecular flexibility index (Phi) is 6.34. The third-order valence-electron chi connectivity index (χ3n) is 4.33. The van der Waals surface area contributed by atoms with Crippen LogP contribution < -0.4 is 10.6 Å². The van der Waals surface area contributed by atoms with Crippen LogP contribution in [-0.2, 0) is 0 Å². The van der Waals surface area contributed by atoms with Crippen LogP contribution >= 0.6 is 11.6 Å². The van der Waals surface area contributed by atoms with E-state index in [1.54, 1.807) is 12.1 Å². The van der Waals surface area contributed by atoms with Crippen molar-refractivity contribution in [3.63, 3.8) is 0 Å². The molecule has 0 aliphatic carbocycles. The molecular formula is C21H23ClN4O2. The van der Waals surface area contributed by atoms with Crippen molar-refractivity contribution in [2.75, 3.05) is 17.2 Å². The van der Waals surface area contributed by atoms with Gasteiger partial charge in [0.05, 0.1) is 29.1 Å². The summed E-state index contributed by atoms with van der Waals surface area (Å²) in [5.74, 6) is 1.25. The number of aliphatic hydroxyl groups is 1. The normalized spacial score (nSPS) is 12.0. The minimum absolute atomic E-state index is 0.0247. The lowest BCUT2D eigenvalue weighted by Gasteiger charge is -2.21. The molecule has 0 radical (unpaired) electrons. The molecule has 0 bridgehead atoms. The van der Waals surface area contributed by atoms with Gasteiger partial charge in [-0.05, 0) is 18.1 Å². The Balaban J connectivity index is 1.99. The largest absolute Gasteiger partial charge is 0.508 e. The quantitative estimate of drug-likeness (QED) is 0.432. The summed E-state index contributed by atoms with van der Waals surface area (Å²) in [5.41, 5.74) is 2.29. The molecule has 0 unspecified atom stereocenters. The third-order valence-corrected chi connectivity index (χ3v) is 4.64. The molecule has 0 aliphatic heterocycles. The third kappa shape index (κ3) is 4.91. The van der Waals surface area contributed by atoms with Gasteiger partial charge in [0.25, 0.3) is 0 Å². The Labute approximate surface area is 169 Å². The van der Waals surface area contributed by atoms with E-state index in [2.05, 4.69) is 20.6 Å². The van der Waals surface area contributed by atoms with E-state index >= 15 is 0 Å². The zero-order chi connectivity index (χ0) is 20.1. The molecule has 2 aromatic carbocycles. The summed E-state index contributed by atoms with van der Waals surface area (Å²) in [5, 5.41) is 25.9. The minimum Gasteiger partial charge on any atom is -0.508 e. The van der Waals surface area contributed by atoms with Gasteiger partial charge in [-0.3, -0.25) is 0 Å². The summed E-state index contributed by atoms with van der Waals surface area (Å²) in [6.07, 6.45) is 0. The highest BCUT2D eigenvalue weighted by Crippen LogP contribution is 2.30. The number of aromatic nitrogens is 2. The summed E-state index contributed by atoms with van der Waals surface area (Å²) in [6.45, 7) is 4.01. The maximum atomic E-state index is 9.64. The van der Waals surface area contributed by atoms with Gasteiger partial charge >= 0.3 is 0 Å². The summed E-state index contributed by atoms with van der Waals surface area (Å²) < 4.78 is 0. The number of phenols is 1. The van der Waals surface area contributed by atoms with Crippen molar-refractivity contribution < 1.29 is 10.2 Å². The Hall–Kier alpha value is -2.83. The number of benzene rings is 2. The number of nitrogens with zero attached hydrogens (tertiary/aromatic N) is 2. The molecule has 0 amide bonds. The van der Waals surface area contributed by atoms with Gasteiger partial charge in [0.15, 0.2) is 0 Å². The molecule has 0 saturated heterocycles. The topological polar surface area (TPSA) is 90.3 Å². The van der Waals surface area contributed by atoms with Crippen molar-refractivity contribution >= 4 is 29.1 Å². The summed E-state index contributed by atoms with van der Waals surface area (Å²) >= 11 is 6.21. The maximum absolute atomic E-state index is 9.64. The summed E-state index contributed by atoms with van der Waals surface area (Å²) in [6, 6.07) is 16.1. The fourth-order valence-corrected chi connectivity index (χ4v) is 2.89. The van der Waals surface area contributed by atoms with Gasteiger partial charge in [-0.2, -0.15) is 4.98 Å². The highest BCUT2D eigenvalue weighted by Gasteiger charge is 2.15. The van der Waals surface area contributed by atoms with Crippen LogP contribution in [0.3, 0.4) is 0 Å². The van der Waals surface area contributed by atoms with Crippen LogP contribution in [0.25, 0.3) is 11.3 Å². The lowest BCUT2D eigenvalue weighted by Crippen LogP contribution is -2.30. The van der Waals surface area contributed by atoms with Crippen molar-refractivity contribution in [1.82, 2.24) is 9.97 Å². The lowest BCUT2D eigenvalue weighted by molar-refractivity contribution is 0.248. The summed E-state index contributed by atoms with van der Waals surface area (Å²) in [4.78, 5) is 9.13. The molecule has 0 aliphatic rings. The van der Waals surface area contributed by atoms with Crippen molar-refractivity contribution in [2.45, 2.75) is 19.9 Å². The molecule has 0 saturated carbocycles. The van der Waals surface area contributed by atoms with E-state index in [9.17, 15) is 10.2 Å².